The zero-order chi connectivity index (χ0) is 14.3. The van der Waals surface area contributed by atoms with Gasteiger partial charge >= 0.3 is 0 Å². The summed E-state index contributed by atoms with van der Waals surface area (Å²) in [7, 11) is 0. The van der Waals surface area contributed by atoms with Crippen LogP contribution < -0.4 is 16.4 Å². The van der Waals surface area contributed by atoms with E-state index in [4.69, 9.17) is 5.73 Å². The summed E-state index contributed by atoms with van der Waals surface area (Å²) in [5, 5.41) is 5.48. The molecule has 5 nitrogen and oxygen atoms in total. The number of nitrogens with one attached hydrogen (secondary N) is 2. The van der Waals surface area contributed by atoms with Crippen molar-refractivity contribution in [3.63, 3.8) is 0 Å². The van der Waals surface area contributed by atoms with E-state index in [2.05, 4.69) is 10.6 Å². The SMILES string of the molecule is CC(C)C(=O)NCCNC(=O)c1ccc(CN)cc1. The molecule has 1 rings (SSSR count). The van der Waals surface area contributed by atoms with Gasteiger partial charge in [-0.25, -0.2) is 0 Å². The van der Waals surface area contributed by atoms with E-state index in [0.29, 0.717) is 25.2 Å². The molecule has 0 atom stereocenters. The van der Waals surface area contributed by atoms with Crippen LogP contribution in [-0.2, 0) is 11.3 Å². The Balaban J connectivity index is 2.33. The van der Waals surface area contributed by atoms with Crippen LogP contribution >= 0.6 is 0 Å². The molecule has 0 aliphatic carbocycles. The fourth-order valence-electron chi connectivity index (χ4n) is 1.46. The van der Waals surface area contributed by atoms with Gasteiger partial charge in [-0.3, -0.25) is 9.59 Å². The molecule has 2 amide bonds. The lowest BCUT2D eigenvalue weighted by atomic mass is 10.1. The molecule has 1 aromatic rings. The van der Waals surface area contributed by atoms with E-state index < -0.39 is 0 Å². The van der Waals surface area contributed by atoms with Crippen LogP contribution in [0.3, 0.4) is 0 Å². The maximum absolute atomic E-state index is 11.8. The molecule has 0 spiro atoms. The molecule has 5 heteroatoms. The summed E-state index contributed by atoms with van der Waals surface area (Å²) < 4.78 is 0. The lowest BCUT2D eigenvalue weighted by Crippen LogP contribution is -2.36. The van der Waals surface area contributed by atoms with E-state index >= 15 is 0 Å². The highest BCUT2D eigenvalue weighted by atomic mass is 16.2. The van der Waals surface area contributed by atoms with E-state index in [-0.39, 0.29) is 17.7 Å². The lowest BCUT2D eigenvalue weighted by Gasteiger charge is -2.09. The van der Waals surface area contributed by atoms with Crippen molar-refractivity contribution in [2.45, 2.75) is 20.4 Å². The van der Waals surface area contributed by atoms with Crippen molar-refractivity contribution >= 4 is 11.8 Å². The largest absolute Gasteiger partial charge is 0.354 e. The summed E-state index contributed by atoms with van der Waals surface area (Å²) >= 11 is 0. The Hall–Kier alpha value is -1.88. The van der Waals surface area contributed by atoms with E-state index in [9.17, 15) is 9.59 Å². The Morgan fingerprint density at radius 3 is 2.21 bits per heavy atom. The number of hydrogen-bond donors (Lipinski definition) is 3. The van der Waals surface area contributed by atoms with Gasteiger partial charge in [0.1, 0.15) is 0 Å². The summed E-state index contributed by atoms with van der Waals surface area (Å²) in [6.07, 6.45) is 0. The zero-order valence-electron chi connectivity index (χ0n) is 11.4. The van der Waals surface area contributed by atoms with Crippen molar-refractivity contribution in [3.8, 4) is 0 Å². The minimum atomic E-state index is -0.151. The topological polar surface area (TPSA) is 84.2 Å². The average molecular weight is 263 g/mol. The number of carbonyl (C=O) groups excluding carboxylic acids is 2. The van der Waals surface area contributed by atoms with Gasteiger partial charge in [-0.2, -0.15) is 0 Å². The molecular formula is C14H21N3O2. The van der Waals surface area contributed by atoms with E-state index in [1.54, 1.807) is 12.1 Å². The van der Waals surface area contributed by atoms with Gasteiger partial charge in [0.15, 0.2) is 0 Å². The van der Waals surface area contributed by atoms with Gasteiger partial charge in [0.05, 0.1) is 0 Å². The van der Waals surface area contributed by atoms with Gasteiger partial charge in [-0.05, 0) is 17.7 Å². The molecule has 4 N–H and O–H groups in total. The second-order valence-corrected chi connectivity index (χ2v) is 4.60. The summed E-state index contributed by atoms with van der Waals surface area (Å²) in [6, 6.07) is 7.14. The third-order valence-electron chi connectivity index (χ3n) is 2.69. The fourth-order valence-corrected chi connectivity index (χ4v) is 1.46. The van der Waals surface area contributed by atoms with Crippen molar-refractivity contribution in [1.82, 2.24) is 10.6 Å². The highest BCUT2D eigenvalue weighted by Gasteiger charge is 2.07. The van der Waals surface area contributed by atoms with Gasteiger partial charge in [0, 0.05) is 31.1 Å². The molecule has 0 saturated carbocycles. The number of nitrogens with two attached hydrogens (primary N) is 1. The molecule has 1 aromatic carbocycles. The first-order valence-electron chi connectivity index (χ1n) is 6.39. The Morgan fingerprint density at radius 2 is 1.68 bits per heavy atom. The highest BCUT2D eigenvalue weighted by Crippen LogP contribution is 2.03. The first kappa shape index (κ1) is 15.2. The number of amides is 2. The van der Waals surface area contributed by atoms with Crippen LogP contribution in [0, 0.1) is 5.92 Å². The number of rotatable bonds is 6. The lowest BCUT2D eigenvalue weighted by molar-refractivity contribution is -0.123. The quantitative estimate of drug-likeness (QED) is 0.659. The molecule has 0 unspecified atom stereocenters. The van der Waals surface area contributed by atoms with Gasteiger partial charge < -0.3 is 16.4 Å². The van der Waals surface area contributed by atoms with Crippen LogP contribution in [0.1, 0.15) is 29.8 Å². The minimum Gasteiger partial charge on any atom is -0.354 e. The van der Waals surface area contributed by atoms with Crippen LogP contribution in [-0.4, -0.2) is 24.9 Å². The van der Waals surface area contributed by atoms with Crippen molar-refractivity contribution in [2.75, 3.05) is 13.1 Å². The van der Waals surface area contributed by atoms with Gasteiger partial charge in [-0.15, -0.1) is 0 Å². The van der Waals surface area contributed by atoms with Gasteiger partial charge in [0.2, 0.25) is 5.91 Å². The van der Waals surface area contributed by atoms with Crippen molar-refractivity contribution in [1.29, 1.82) is 0 Å². The fraction of sp³-hybridized carbons (Fsp3) is 0.429. The molecule has 0 radical (unpaired) electrons. The molecule has 0 heterocycles. The van der Waals surface area contributed by atoms with Crippen molar-refractivity contribution in [3.05, 3.63) is 35.4 Å². The maximum atomic E-state index is 11.8. The molecule has 0 aliphatic rings. The molecule has 104 valence electrons. The van der Waals surface area contributed by atoms with E-state index in [0.717, 1.165) is 5.56 Å². The minimum absolute atomic E-state index is 0.0125. The predicted octanol–water partition coefficient (Wildman–Crippen LogP) is 0.647. The number of benzene rings is 1. The molecule has 0 aromatic heterocycles. The van der Waals surface area contributed by atoms with E-state index in [1.165, 1.54) is 0 Å². The Labute approximate surface area is 113 Å². The zero-order valence-corrected chi connectivity index (χ0v) is 11.4. The molecule has 0 bridgehead atoms. The summed E-state index contributed by atoms with van der Waals surface area (Å²) in [4.78, 5) is 23.1. The van der Waals surface area contributed by atoms with Crippen LogP contribution in [0.2, 0.25) is 0 Å². The summed E-state index contributed by atoms with van der Waals surface area (Å²) in [5.41, 5.74) is 7.06. The van der Waals surface area contributed by atoms with Crippen molar-refractivity contribution in [2.24, 2.45) is 11.7 Å². The van der Waals surface area contributed by atoms with Crippen LogP contribution in [0.4, 0.5) is 0 Å². The smallest absolute Gasteiger partial charge is 0.251 e. The second-order valence-electron chi connectivity index (χ2n) is 4.60. The Morgan fingerprint density at radius 1 is 1.11 bits per heavy atom. The third-order valence-corrected chi connectivity index (χ3v) is 2.69. The van der Waals surface area contributed by atoms with Crippen LogP contribution in [0.25, 0.3) is 0 Å². The van der Waals surface area contributed by atoms with Crippen LogP contribution in [0.5, 0.6) is 0 Å². The first-order valence-corrected chi connectivity index (χ1v) is 6.39. The Kier molecular flexibility index (Phi) is 6.02. The Bertz CT molecular complexity index is 427. The molecule has 19 heavy (non-hydrogen) atoms. The number of hydrogen-bond acceptors (Lipinski definition) is 3. The monoisotopic (exact) mass is 263 g/mol. The molecule has 0 saturated heterocycles. The van der Waals surface area contributed by atoms with Crippen molar-refractivity contribution < 1.29 is 9.59 Å². The first-order chi connectivity index (χ1) is 9.04. The normalized spacial score (nSPS) is 10.3. The summed E-state index contributed by atoms with van der Waals surface area (Å²) in [6.45, 7) is 4.96. The van der Waals surface area contributed by atoms with Crippen LogP contribution in [0.15, 0.2) is 24.3 Å². The maximum Gasteiger partial charge on any atom is 0.251 e. The molecule has 0 fully saturated rings. The molecule has 0 aliphatic heterocycles. The van der Waals surface area contributed by atoms with E-state index in [1.807, 2.05) is 26.0 Å². The predicted molar refractivity (Wildman–Crippen MR) is 74.5 cm³/mol. The number of carbonyl (C=O) groups is 2. The second kappa shape index (κ2) is 7.53. The standard InChI is InChI=1S/C14H21N3O2/c1-10(2)13(18)16-7-8-17-14(19)12-5-3-11(9-15)4-6-12/h3-6,10H,7-9,15H2,1-2H3,(H,16,18)(H,17,19). The summed E-state index contributed by atoms with van der Waals surface area (Å²) in [5.74, 6) is -0.205. The highest BCUT2D eigenvalue weighted by molar-refractivity contribution is 5.94. The van der Waals surface area contributed by atoms with Gasteiger partial charge in [0.25, 0.3) is 5.91 Å². The molecular weight excluding hydrogens is 242 g/mol. The van der Waals surface area contributed by atoms with Gasteiger partial charge in [-0.1, -0.05) is 26.0 Å². The average Bonchev–Trinajstić information content (AvgIpc) is 2.43. The third kappa shape index (κ3) is 5.09.